The molecule has 0 unspecified atom stereocenters. The van der Waals surface area contributed by atoms with Crippen LogP contribution in [-0.2, 0) is 16.1 Å². The number of amides is 1. The Kier molecular flexibility index (Phi) is 6.27. The van der Waals surface area contributed by atoms with Gasteiger partial charge in [-0.25, -0.2) is 0 Å². The first-order valence-electron chi connectivity index (χ1n) is 10.7. The summed E-state index contributed by atoms with van der Waals surface area (Å²) in [5.41, 5.74) is 0.893. The van der Waals surface area contributed by atoms with Gasteiger partial charge >= 0.3 is 0 Å². The fourth-order valence-corrected chi connectivity index (χ4v) is 5.06. The second-order valence-corrected chi connectivity index (χ2v) is 8.48. The molecule has 1 N–H and O–H groups in total. The molecule has 3 heterocycles. The SMILES string of the molecule is COCCNC(=O)[C@@]12CCCN(Cc3ccc4c(c3)OCCO4)[C@H]1CN(C)CC2. The summed E-state index contributed by atoms with van der Waals surface area (Å²) in [5.74, 6) is 1.84. The summed E-state index contributed by atoms with van der Waals surface area (Å²) in [6.07, 6.45) is 2.91. The second kappa shape index (κ2) is 8.90. The van der Waals surface area contributed by atoms with E-state index < -0.39 is 0 Å². The molecule has 0 aromatic heterocycles. The predicted molar refractivity (Wildman–Crippen MR) is 110 cm³/mol. The Labute approximate surface area is 173 Å². The number of hydrogen-bond acceptors (Lipinski definition) is 6. The average molecular weight is 404 g/mol. The minimum absolute atomic E-state index is 0.194. The van der Waals surface area contributed by atoms with Crippen molar-refractivity contribution in [3.05, 3.63) is 23.8 Å². The fraction of sp³-hybridized carbons (Fsp3) is 0.682. The van der Waals surface area contributed by atoms with Gasteiger partial charge in [0.05, 0.1) is 12.0 Å². The van der Waals surface area contributed by atoms with Crippen molar-refractivity contribution in [1.82, 2.24) is 15.1 Å². The second-order valence-electron chi connectivity index (χ2n) is 8.48. The van der Waals surface area contributed by atoms with Gasteiger partial charge in [0, 0.05) is 32.8 Å². The van der Waals surface area contributed by atoms with Crippen LogP contribution in [0.25, 0.3) is 0 Å². The molecule has 3 aliphatic rings. The molecule has 160 valence electrons. The lowest BCUT2D eigenvalue weighted by Crippen LogP contribution is -2.65. The molecule has 0 aliphatic carbocycles. The quantitative estimate of drug-likeness (QED) is 0.727. The average Bonchev–Trinajstić information content (AvgIpc) is 2.74. The molecule has 0 radical (unpaired) electrons. The number of rotatable bonds is 6. The molecule has 2 saturated heterocycles. The van der Waals surface area contributed by atoms with E-state index in [1.165, 1.54) is 5.56 Å². The highest BCUT2D eigenvalue weighted by atomic mass is 16.6. The van der Waals surface area contributed by atoms with E-state index in [-0.39, 0.29) is 17.4 Å². The molecule has 4 rings (SSSR count). The minimum Gasteiger partial charge on any atom is -0.486 e. The molecule has 7 heteroatoms. The van der Waals surface area contributed by atoms with Crippen LogP contribution in [0.5, 0.6) is 11.5 Å². The number of fused-ring (bicyclic) bond motifs is 2. The maximum absolute atomic E-state index is 13.3. The molecule has 0 bridgehead atoms. The van der Waals surface area contributed by atoms with Gasteiger partial charge in [0.15, 0.2) is 11.5 Å². The van der Waals surface area contributed by atoms with Crippen LogP contribution in [0.4, 0.5) is 0 Å². The maximum Gasteiger partial charge on any atom is 0.227 e. The largest absolute Gasteiger partial charge is 0.486 e. The third kappa shape index (κ3) is 4.22. The van der Waals surface area contributed by atoms with Crippen molar-refractivity contribution >= 4 is 5.91 Å². The van der Waals surface area contributed by atoms with Gasteiger partial charge < -0.3 is 24.4 Å². The van der Waals surface area contributed by atoms with E-state index in [1.807, 2.05) is 6.07 Å². The molecule has 7 nitrogen and oxygen atoms in total. The summed E-state index contributed by atoms with van der Waals surface area (Å²) in [4.78, 5) is 18.1. The van der Waals surface area contributed by atoms with Gasteiger partial charge in [0.1, 0.15) is 13.2 Å². The molecule has 0 spiro atoms. The minimum atomic E-state index is -0.313. The van der Waals surface area contributed by atoms with Gasteiger partial charge in [-0.3, -0.25) is 9.69 Å². The summed E-state index contributed by atoms with van der Waals surface area (Å²) >= 11 is 0. The number of likely N-dealkylation sites (tertiary alicyclic amines) is 2. The molecular formula is C22H33N3O4. The number of likely N-dealkylation sites (N-methyl/N-ethyl adjacent to an activating group) is 1. The number of hydrogen-bond donors (Lipinski definition) is 1. The van der Waals surface area contributed by atoms with Crippen molar-refractivity contribution in [2.75, 3.05) is 60.2 Å². The van der Waals surface area contributed by atoms with Crippen LogP contribution >= 0.6 is 0 Å². The normalized spacial score (nSPS) is 27.3. The molecule has 1 aromatic carbocycles. The topological polar surface area (TPSA) is 63.3 Å². The van der Waals surface area contributed by atoms with E-state index in [0.717, 1.165) is 56.9 Å². The number of carbonyl (C=O) groups is 1. The third-order valence-electron chi connectivity index (χ3n) is 6.61. The molecule has 1 amide bonds. The van der Waals surface area contributed by atoms with Crippen molar-refractivity contribution in [2.45, 2.75) is 31.8 Å². The molecule has 0 saturated carbocycles. The molecule has 1 aromatic rings. The standard InChI is InChI=1S/C22H33N3O4/c1-24-10-7-22(21(26)23-8-11-27-2)6-3-9-25(20(22)16-24)15-17-4-5-18-19(14-17)29-13-12-28-18/h4-5,14,20H,3,6-13,15-16H2,1-2H3,(H,23,26)/t20-,22+/m0/s1. The van der Waals surface area contributed by atoms with Crippen molar-refractivity contribution < 1.29 is 19.0 Å². The van der Waals surface area contributed by atoms with Crippen LogP contribution in [0.1, 0.15) is 24.8 Å². The third-order valence-corrected chi connectivity index (χ3v) is 6.61. The summed E-state index contributed by atoms with van der Waals surface area (Å²) in [6.45, 7) is 6.04. The number of nitrogens with one attached hydrogen (secondary N) is 1. The maximum atomic E-state index is 13.3. The zero-order chi connectivity index (χ0) is 20.3. The zero-order valence-electron chi connectivity index (χ0n) is 17.6. The predicted octanol–water partition coefficient (Wildman–Crippen LogP) is 1.51. The molecule has 3 aliphatic heterocycles. The monoisotopic (exact) mass is 403 g/mol. The van der Waals surface area contributed by atoms with Crippen LogP contribution in [0.15, 0.2) is 18.2 Å². The van der Waals surface area contributed by atoms with Gasteiger partial charge in [-0.1, -0.05) is 6.07 Å². The van der Waals surface area contributed by atoms with Crippen molar-refractivity contribution in [3.8, 4) is 11.5 Å². The van der Waals surface area contributed by atoms with Crippen LogP contribution in [-0.4, -0.2) is 81.9 Å². The van der Waals surface area contributed by atoms with Crippen LogP contribution in [0.2, 0.25) is 0 Å². The van der Waals surface area contributed by atoms with E-state index in [9.17, 15) is 4.79 Å². The number of piperidine rings is 2. The number of ether oxygens (including phenoxy) is 3. The Morgan fingerprint density at radius 3 is 2.90 bits per heavy atom. The number of benzene rings is 1. The van der Waals surface area contributed by atoms with Gasteiger partial charge in [0.2, 0.25) is 5.91 Å². The highest BCUT2D eigenvalue weighted by Crippen LogP contribution is 2.43. The Morgan fingerprint density at radius 2 is 2.07 bits per heavy atom. The Bertz CT molecular complexity index is 728. The highest BCUT2D eigenvalue weighted by Gasteiger charge is 2.52. The zero-order valence-corrected chi connectivity index (χ0v) is 17.6. The van der Waals surface area contributed by atoms with Crippen LogP contribution < -0.4 is 14.8 Å². The van der Waals surface area contributed by atoms with Crippen molar-refractivity contribution in [1.29, 1.82) is 0 Å². The fourth-order valence-electron chi connectivity index (χ4n) is 5.06. The smallest absolute Gasteiger partial charge is 0.227 e. The summed E-state index contributed by atoms with van der Waals surface area (Å²) in [5, 5.41) is 3.14. The van der Waals surface area contributed by atoms with E-state index in [1.54, 1.807) is 7.11 Å². The molecule has 2 atom stereocenters. The van der Waals surface area contributed by atoms with Gasteiger partial charge in [-0.05, 0) is 57.1 Å². The highest BCUT2D eigenvalue weighted by molar-refractivity contribution is 5.84. The van der Waals surface area contributed by atoms with Crippen molar-refractivity contribution in [3.63, 3.8) is 0 Å². The Hall–Kier alpha value is -1.83. The molecular weight excluding hydrogens is 370 g/mol. The first kappa shape index (κ1) is 20.4. The lowest BCUT2D eigenvalue weighted by molar-refractivity contribution is -0.145. The number of nitrogens with zero attached hydrogens (tertiary/aromatic N) is 2. The first-order chi connectivity index (χ1) is 14.1. The van der Waals surface area contributed by atoms with Gasteiger partial charge in [-0.15, -0.1) is 0 Å². The van der Waals surface area contributed by atoms with Crippen LogP contribution in [0, 0.1) is 5.41 Å². The van der Waals surface area contributed by atoms with E-state index in [2.05, 4.69) is 34.3 Å². The van der Waals surface area contributed by atoms with E-state index in [0.29, 0.717) is 26.4 Å². The van der Waals surface area contributed by atoms with Crippen molar-refractivity contribution in [2.24, 2.45) is 5.41 Å². The van der Waals surface area contributed by atoms with Gasteiger partial charge in [0.25, 0.3) is 0 Å². The van der Waals surface area contributed by atoms with Gasteiger partial charge in [-0.2, -0.15) is 0 Å². The summed E-state index contributed by atoms with van der Waals surface area (Å²) in [7, 11) is 3.82. The van der Waals surface area contributed by atoms with Crippen LogP contribution in [0.3, 0.4) is 0 Å². The number of methoxy groups -OCH3 is 1. The first-order valence-corrected chi connectivity index (χ1v) is 10.7. The van der Waals surface area contributed by atoms with E-state index >= 15 is 0 Å². The molecule has 2 fully saturated rings. The summed E-state index contributed by atoms with van der Waals surface area (Å²) in [6, 6.07) is 6.43. The lowest BCUT2D eigenvalue weighted by Gasteiger charge is -2.53. The Morgan fingerprint density at radius 1 is 1.24 bits per heavy atom. The Balaban J connectivity index is 1.53. The lowest BCUT2D eigenvalue weighted by atomic mass is 9.67. The number of carbonyl (C=O) groups excluding carboxylic acids is 1. The van der Waals surface area contributed by atoms with E-state index in [4.69, 9.17) is 14.2 Å². The summed E-state index contributed by atoms with van der Waals surface area (Å²) < 4.78 is 16.5. The molecule has 29 heavy (non-hydrogen) atoms.